The summed E-state index contributed by atoms with van der Waals surface area (Å²) in [7, 11) is 0. The van der Waals surface area contributed by atoms with E-state index < -0.39 is 0 Å². The lowest BCUT2D eigenvalue weighted by molar-refractivity contribution is 0.205. The zero-order valence-corrected chi connectivity index (χ0v) is 15.3. The SMILES string of the molecule is C[C@@H]1CN[C@@H](C)CN1c1ccc(OCCCN2CCCCC2)cc1. The summed E-state index contributed by atoms with van der Waals surface area (Å²) in [6, 6.07) is 9.73. The number of likely N-dealkylation sites (tertiary alicyclic amines) is 1. The summed E-state index contributed by atoms with van der Waals surface area (Å²) in [5.41, 5.74) is 1.30. The van der Waals surface area contributed by atoms with E-state index in [1.54, 1.807) is 0 Å². The van der Waals surface area contributed by atoms with Gasteiger partial charge in [-0.25, -0.2) is 0 Å². The van der Waals surface area contributed by atoms with Gasteiger partial charge in [-0.05, 0) is 70.5 Å². The Bertz CT molecular complexity index is 484. The molecule has 2 heterocycles. The quantitative estimate of drug-likeness (QED) is 0.811. The van der Waals surface area contributed by atoms with Crippen molar-refractivity contribution in [2.45, 2.75) is 51.6 Å². The van der Waals surface area contributed by atoms with Crippen molar-refractivity contribution >= 4 is 5.69 Å². The molecule has 0 radical (unpaired) electrons. The van der Waals surface area contributed by atoms with Crippen LogP contribution in [0.4, 0.5) is 5.69 Å². The summed E-state index contributed by atoms with van der Waals surface area (Å²) in [6.07, 6.45) is 5.26. The van der Waals surface area contributed by atoms with Crippen molar-refractivity contribution in [3.63, 3.8) is 0 Å². The van der Waals surface area contributed by atoms with Gasteiger partial charge in [0.15, 0.2) is 0 Å². The number of nitrogens with one attached hydrogen (secondary N) is 1. The van der Waals surface area contributed by atoms with Crippen LogP contribution in [0.1, 0.15) is 39.5 Å². The minimum atomic E-state index is 0.539. The Kier molecular flexibility index (Phi) is 6.38. The van der Waals surface area contributed by atoms with Gasteiger partial charge >= 0.3 is 0 Å². The van der Waals surface area contributed by atoms with Crippen LogP contribution in [-0.4, -0.2) is 56.3 Å². The molecule has 1 aromatic rings. The molecule has 0 saturated carbocycles. The van der Waals surface area contributed by atoms with Crippen LogP contribution in [0.25, 0.3) is 0 Å². The van der Waals surface area contributed by atoms with Crippen molar-refractivity contribution in [2.75, 3.05) is 44.2 Å². The molecule has 2 fully saturated rings. The molecule has 2 atom stereocenters. The summed E-state index contributed by atoms with van der Waals surface area (Å²) < 4.78 is 5.93. The topological polar surface area (TPSA) is 27.7 Å². The molecular weight excluding hydrogens is 298 g/mol. The van der Waals surface area contributed by atoms with Gasteiger partial charge < -0.3 is 19.9 Å². The highest BCUT2D eigenvalue weighted by Gasteiger charge is 2.22. The van der Waals surface area contributed by atoms with Crippen LogP contribution in [0.3, 0.4) is 0 Å². The van der Waals surface area contributed by atoms with Gasteiger partial charge in [-0.2, -0.15) is 0 Å². The first-order valence-electron chi connectivity index (χ1n) is 9.67. The van der Waals surface area contributed by atoms with Gasteiger partial charge in [0.05, 0.1) is 6.61 Å². The van der Waals surface area contributed by atoms with Crippen LogP contribution in [0.15, 0.2) is 24.3 Å². The van der Waals surface area contributed by atoms with Gasteiger partial charge in [0.2, 0.25) is 0 Å². The van der Waals surface area contributed by atoms with Crippen molar-refractivity contribution < 1.29 is 4.74 Å². The van der Waals surface area contributed by atoms with Crippen LogP contribution >= 0.6 is 0 Å². The number of piperazine rings is 1. The van der Waals surface area contributed by atoms with E-state index in [9.17, 15) is 0 Å². The van der Waals surface area contributed by atoms with Crippen molar-refractivity contribution in [2.24, 2.45) is 0 Å². The Balaban J connectivity index is 1.42. The fourth-order valence-corrected chi connectivity index (χ4v) is 3.78. The first-order chi connectivity index (χ1) is 11.7. The molecule has 2 aliphatic heterocycles. The predicted octanol–water partition coefficient (Wildman–Crippen LogP) is 3.13. The molecule has 0 bridgehead atoms. The van der Waals surface area contributed by atoms with E-state index >= 15 is 0 Å². The standard InChI is InChI=1S/C20H33N3O/c1-17-16-23(18(2)15-21-17)19-7-9-20(10-8-19)24-14-6-13-22-11-4-3-5-12-22/h7-10,17-18,21H,3-6,11-16H2,1-2H3/t17-,18+/m0/s1. The third-order valence-electron chi connectivity index (χ3n) is 5.27. The normalized spacial score (nSPS) is 25.7. The lowest BCUT2D eigenvalue weighted by atomic mass is 10.1. The van der Waals surface area contributed by atoms with E-state index in [4.69, 9.17) is 4.74 Å². The second kappa shape index (κ2) is 8.72. The Morgan fingerprint density at radius 2 is 1.83 bits per heavy atom. The summed E-state index contributed by atoms with van der Waals surface area (Å²) >= 11 is 0. The van der Waals surface area contributed by atoms with Gasteiger partial charge in [-0.1, -0.05) is 6.42 Å². The maximum Gasteiger partial charge on any atom is 0.119 e. The molecule has 0 aliphatic carbocycles. The molecular formula is C20H33N3O. The van der Waals surface area contributed by atoms with Gasteiger partial charge in [0, 0.05) is 37.4 Å². The maximum absolute atomic E-state index is 5.93. The lowest BCUT2D eigenvalue weighted by Crippen LogP contribution is -2.54. The van der Waals surface area contributed by atoms with Crippen molar-refractivity contribution in [3.8, 4) is 5.75 Å². The summed E-state index contributed by atoms with van der Waals surface area (Å²) in [5, 5.41) is 3.53. The minimum Gasteiger partial charge on any atom is -0.494 e. The Labute approximate surface area is 147 Å². The highest BCUT2D eigenvalue weighted by molar-refractivity contribution is 5.50. The van der Waals surface area contributed by atoms with Crippen LogP contribution in [0.2, 0.25) is 0 Å². The average Bonchev–Trinajstić information content (AvgIpc) is 2.62. The lowest BCUT2D eigenvalue weighted by Gasteiger charge is -2.39. The summed E-state index contributed by atoms with van der Waals surface area (Å²) in [5.74, 6) is 0.994. The zero-order chi connectivity index (χ0) is 16.8. The van der Waals surface area contributed by atoms with E-state index in [0.29, 0.717) is 12.1 Å². The van der Waals surface area contributed by atoms with Gasteiger partial charge in [0.25, 0.3) is 0 Å². The monoisotopic (exact) mass is 331 g/mol. The smallest absolute Gasteiger partial charge is 0.119 e. The van der Waals surface area contributed by atoms with E-state index in [1.807, 2.05) is 0 Å². The molecule has 1 N–H and O–H groups in total. The van der Waals surface area contributed by atoms with Crippen LogP contribution in [0.5, 0.6) is 5.75 Å². The first-order valence-corrected chi connectivity index (χ1v) is 9.67. The van der Waals surface area contributed by atoms with E-state index in [1.165, 1.54) is 44.6 Å². The minimum absolute atomic E-state index is 0.539. The number of benzene rings is 1. The molecule has 4 heteroatoms. The zero-order valence-electron chi connectivity index (χ0n) is 15.3. The van der Waals surface area contributed by atoms with Crippen molar-refractivity contribution in [1.29, 1.82) is 0 Å². The second-order valence-electron chi connectivity index (χ2n) is 7.41. The van der Waals surface area contributed by atoms with Gasteiger partial charge in [0.1, 0.15) is 5.75 Å². The predicted molar refractivity (Wildman–Crippen MR) is 101 cm³/mol. The second-order valence-corrected chi connectivity index (χ2v) is 7.41. The fourth-order valence-electron chi connectivity index (χ4n) is 3.78. The van der Waals surface area contributed by atoms with Crippen LogP contribution < -0.4 is 15.0 Å². The molecule has 24 heavy (non-hydrogen) atoms. The first kappa shape index (κ1) is 17.6. The molecule has 0 spiro atoms. The van der Waals surface area contributed by atoms with E-state index in [0.717, 1.165) is 31.9 Å². The third-order valence-corrected chi connectivity index (χ3v) is 5.27. The van der Waals surface area contributed by atoms with Gasteiger partial charge in [-0.3, -0.25) is 0 Å². The van der Waals surface area contributed by atoms with Crippen LogP contribution in [0, 0.1) is 0 Å². The highest BCUT2D eigenvalue weighted by atomic mass is 16.5. The number of rotatable bonds is 6. The molecule has 4 nitrogen and oxygen atoms in total. The van der Waals surface area contributed by atoms with Gasteiger partial charge in [-0.15, -0.1) is 0 Å². The fraction of sp³-hybridized carbons (Fsp3) is 0.700. The Morgan fingerprint density at radius 3 is 2.58 bits per heavy atom. The number of nitrogens with zero attached hydrogens (tertiary/aromatic N) is 2. The number of piperidine rings is 1. The maximum atomic E-state index is 5.93. The van der Waals surface area contributed by atoms with Crippen molar-refractivity contribution in [3.05, 3.63) is 24.3 Å². The largest absolute Gasteiger partial charge is 0.494 e. The number of hydrogen-bond acceptors (Lipinski definition) is 4. The number of hydrogen-bond donors (Lipinski definition) is 1. The average molecular weight is 332 g/mol. The molecule has 0 unspecified atom stereocenters. The molecule has 0 aromatic heterocycles. The van der Waals surface area contributed by atoms with E-state index in [-0.39, 0.29) is 0 Å². The molecule has 0 amide bonds. The number of ether oxygens (including phenoxy) is 1. The summed E-state index contributed by atoms with van der Waals surface area (Å²) in [6.45, 7) is 11.2. The Hall–Kier alpha value is -1.26. The van der Waals surface area contributed by atoms with E-state index in [2.05, 4.69) is 53.2 Å². The molecule has 2 saturated heterocycles. The molecule has 2 aliphatic rings. The molecule has 1 aromatic carbocycles. The number of anilines is 1. The van der Waals surface area contributed by atoms with Crippen LogP contribution in [-0.2, 0) is 0 Å². The highest BCUT2D eigenvalue weighted by Crippen LogP contribution is 2.23. The molecule has 3 rings (SSSR count). The summed E-state index contributed by atoms with van der Waals surface area (Å²) in [4.78, 5) is 5.06. The molecule has 134 valence electrons. The van der Waals surface area contributed by atoms with Crippen molar-refractivity contribution in [1.82, 2.24) is 10.2 Å². The Morgan fingerprint density at radius 1 is 1.08 bits per heavy atom. The third kappa shape index (κ3) is 4.87.